The van der Waals surface area contributed by atoms with E-state index in [0.717, 1.165) is 59.8 Å². The SMILES string of the molecule is Cc1ccc(Nc2ccc(NC(=O)CN3CCC(N4C(=O)OCc5cc(C)ccc54)CC3)cc2)cc1.Cl. The van der Waals surface area contributed by atoms with Crippen LogP contribution in [0.1, 0.15) is 29.5 Å². The van der Waals surface area contributed by atoms with Crippen LogP contribution >= 0.6 is 12.4 Å². The summed E-state index contributed by atoms with van der Waals surface area (Å²) in [7, 11) is 0. The highest BCUT2D eigenvalue weighted by Gasteiger charge is 2.34. The molecule has 3 aromatic rings. The number of likely N-dealkylation sites (tertiary alicyclic amines) is 1. The number of anilines is 4. The summed E-state index contributed by atoms with van der Waals surface area (Å²) < 4.78 is 5.43. The highest BCUT2D eigenvalue weighted by Crippen LogP contribution is 2.32. The third-order valence-corrected chi connectivity index (χ3v) is 6.84. The zero-order chi connectivity index (χ0) is 25.1. The first-order chi connectivity index (χ1) is 17.4. The third kappa shape index (κ3) is 6.42. The van der Waals surface area contributed by atoms with E-state index in [1.165, 1.54) is 5.56 Å². The maximum absolute atomic E-state index is 12.7. The number of nitrogens with zero attached hydrogens (tertiary/aromatic N) is 2. The third-order valence-electron chi connectivity index (χ3n) is 6.84. The fourth-order valence-electron chi connectivity index (χ4n) is 4.90. The molecule has 0 unspecified atom stereocenters. The largest absolute Gasteiger partial charge is 0.444 e. The van der Waals surface area contributed by atoms with Crippen LogP contribution in [0.3, 0.4) is 0 Å². The van der Waals surface area contributed by atoms with Gasteiger partial charge in [0.15, 0.2) is 0 Å². The molecule has 2 heterocycles. The minimum absolute atomic E-state index is 0. The smallest absolute Gasteiger partial charge is 0.414 e. The van der Waals surface area contributed by atoms with Gasteiger partial charge in [-0.3, -0.25) is 14.6 Å². The zero-order valence-corrected chi connectivity index (χ0v) is 22.0. The van der Waals surface area contributed by atoms with Crippen molar-refractivity contribution in [2.45, 2.75) is 39.3 Å². The number of carbonyl (C=O) groups excluding carboxylic acids is 2. The summed E-state index contributed by atoms with van der Waals surface area (Å²) in [6, 6.07) is 22.2. The monoisotopic (exact) mass is 520 g/mol. The number of hydrogen-bond acceptors (Lipinski definition) is 5. The zero-order valence-electron chi connectivity index (χ0n) is 21.2. The Bertz CT molecular complexity index is 1240. The molecule has 1 saturated heterocycles. The molecule has 3 aromatic carbocycles. The predicted octanol–water partition coefficient (Wildman–Crippen LogP) is 6.03. The van der Waals surface area contributed by atoms with Crippen LogP contribution in [0.4, 0.5) is 27.5 Å². The minimum Gasteiger partial charge on any atom is -0.444 e. The number of carbonyl (C=O) groups is 2. The van der Waals surface area contributed by atoms with E-state index < -0.39 is 0 Å². The highest BCUT2D eigenvalue weighted by atomic mass is 35.5. The van der Waals surface area contributed by atoms with Crippen LogP contribution in [0, 0.1) is 13.8 Å². The molecule has 194 valence electrons. The van der Waals surface area contributed by atoms with Crippen molar-refractivity contribution < 1.29 is 14.3 Å². The van der Waals surface area contributed by atoms with Gasteiger partial charge in [0.05, 0.1) is 12.2 Å². The number of fused-ring (bicyclic) bond motifs is 1. The molecule has 7 nitrogen and oxygen atoms in total. The molecule has 0 aromatic heterocycles. The van der Waals surface area contributed by atoms with Crippen molar-refractivity contribution in [1.29, 1.82) is 0 Å². The first kappa shape index (κ1) is 26.5. The lowest BCUT2D eigenvalue weighted by Gasteiger charge is -2.40. The standard InChI is InChI=1S/C29H32N4O3.ClH/c1-20-3-6-23(7-4-20)30-24-8-10-25(11-9-24)31-28(34)18-32-15-13-26(14-16-32)33-27-12-5-21(2)17-22(27)19-36-29(33)35;/h3-12,17,26,30H,13-16,18-19H2,1-2H3,(H,31,34);1H. The Kier molecular flexibility index (Phi) is 8.36. The number of halogens is 1. The van der Waals surface area contributed by atoms with Gasteiger partial charge in [-0.05, 0) is 69.2 Å². The minimum atomic E-state index is -0.275. The summed E-state index contributed by atoms with van der Waals surface area (Å²) in [4.78, 5) is 29.2. The number of amides is 2. The van der Waals surface area contributed by atoms with E-state index in [-0.39, 0.29) is 30.4 Å². The average Bonchev–Trinajstić information content (AvgIpc) is 2.87. The van der Waals surface area contributed by atoms with E-state index in [1.54, 1.807) is 0 Å². The van der Waals surface area contributed by atoms with Crippen LogP contribution in [0.15, 0.2) is 66.7 Å². The molecule has 8 heteroatoms. The lowest BCUT2D eigenvalue weighted by atomic mass is 10.00. The fraction of sp³-hybridized carbons (Fsp3) is 0.310. The van der Waals surface area contributed by atoms with E-state index in [2.05, 4.69) is 40.7 Å². The number of ether oxygens (including phenoxy) is 1. The van der Waals surface area contributed by atoms with Gasteiger partial charge in [-0.15, -0.1) is 12.4 Å². The molecule has 2 N–H and O–H groups in total. The molecule has 0 aliphatic carbocycles. The van der Waals surface area contributed by atoms with Gasteiger partial charge >= 0.3 is 6.09 Å². The fourth-order valence-corrected chi connectivity index (χ4v) is 4.90. The van der Waals surface area contributed by atoms with Crippen molar-refractivity contribution in [3.8, 4) is 0 Å². The summed E-state index contributed by atoms with van der Waals surface area (Å²) in [5, 5.41) is 6.36. The Morgan fingerprint density at radius 3 is 2.16 bits per heavy atom. The summed E-state index contributed by atoms with van der Waals surface area (Å²) in [6.45, 7) is 6.27. The maximum atomic E-state index is 12.7. The summed E-state index contributed by atoms with van der Waals surface area (Å²) in [5.74, 6) is -0.0362. The first-order valence-electron chi connectivity index (χ1n) is 12.5. The summed E-state index contributed by atoms with van der Waals surface area (Å²) >= 11 is 0. The molecule has 37 heavy (non-hydrogen) atoms. The van der Waals surface area contributed by atoms with Crippen LogP contribution < -0.4 is 15.5 Å². The number of hydrogen-bond donors (Lipinski definition) is 2. The second-order valence-electron chi connectivity index (χ2n) is 9.68. The molecule has 0 saturated carbocycles. The average molecular weight is 521 g/mol. The van der Waals surface area contributed by atoms with Crippen molar-refractivity contribution >= 4 is 47.2 Å². The second-order valence-corrected chi connectivity index (χ2v) is 9.68. The molecule has 5 rings (SSSR count). The van der Waals surface area contributed by atoms with Crippen molar-refractivity contribution in [2.75, 3.05) is 35.2 Å². The lowest BCUT2D eigenvalue weighted by Crippen LogP contribution is -2.50. The van der Waals surface area contributed by atoms with E-state index in [1.807, 2.05) is 60.4 Å². The topological polar surface area (TPSA) is 73.9 Å². The molecular formula is C29H33ClN4O3. The van der Waals surface area contributed by atoms with E-state index in [9.17, 15) is 9.59 Å². The number of nitrogens with one attached hydrogen (secondary N) is 2. The van der Waals surface area contributed by atoms with Gasteiger partial charge in [-0.2, -0.15) is 0 Å². The number of aryl methyl sites for hydroxylation is 2. The molecule has 0 atom stereocenters. The van der Waals surface area contributed by atoms with Crippen molar-refractivity contribution in [2.24, 2.45) is 0 Å². The summed E-state index contributed by atoms with van der Waals surface area (Å²) in [5.41, 5.74) is 7.14. The Labute approximate surface area is 224 Å². The highest BCUT2D eigenvalue weighted by molar-refractivity contribution is 5.93. The Morgan fingerprint density at radius 1 is 0.892 bits per heavy atom. The summed E-state index contributed by atoms with van der Waals surface area (Å²) in [6.07, 6.45) is 1.33. The van der Waals surface area contributed by atoms with Gasteiger partial charge in [0, 0.05) is 41.8 Å². The van der Waals surface area contributed by atoms with Gasteiger partial charge in [0.1, 0.15) is 6.61 Å². The molecule has 2 aliphatic rings. The Morgan fingerprint density at radius 2 is 1.49 bits per heavy atom. The molecule has 0 bridgehead atoms. The Balaban J connectivity index is 0.00000320. The van der Waals surface area contributed by atoms with Crippen LogP contribution in [0.2, 0.25) is 0 Å². The Hall–Kier alpha value is -3.55. The molecule has 0 spiro atoms. The second kappa shape index (κ2) is 11.7. The molecule has 0 radical (unpaired) electrons. The van der Waals surface area contributed by atoms with Crippen LogP contribution in [0.5, 0.6) is 0 Å². The quantitative estimate of drug-likeness (QED) is 0.415. The number of piperidine rings is 1. The van der Waals surface area contributed by atoms with Crippen molar-refractivity contribution in [3.63, 3.8) is 0 Å². The molecule has 1 fully saturated rings. The maximum Gasteiger partial charge on any atom is 0.414 e. The van der Waals surface area contributed by atoms with Gasteiger partial charge in [0.2, 0.25) is 5.91 Å². The van der Waals surface area contributed by atoms with Gasteiger partial charge in [0.25, 0.3) is 0 Å². The van der Waals surface area contributed by atoms with Crippen molar-refractivity contribution in [3.05, 3.63) is 83.4 Å². The van der Waals surface area contributed by atoms with Crippen LogP contribution in [0.25, 0.3) is 0 Å². The van der Waals surface area contributed by atoms with Crippen LogP contribution in [-0.4, -0.2) is 42.6 Å². The normalized spacial score (nSPS) is 15.8. The van der Waals surface area contributed by atoms with Crippen molar-refractivity contribution in [1.82, 2.24) is 4.90 Å². The lowest BCUT2D eigenvalue weighted by molar-refractivity contribution is -0.117. The van der Waals surface area contributed by atoms with Gasteiger partial charge in [-0.25, -0.2) is 4.79 Å². The van der Waals surface area contributed by atoms with Crippen LogP contribution in [-0.2, 0) is 16.1 Å². The van der Waals surface area contributed by atoms with E-state index in [0.29, 0.717) is 13.2 Å². The van der Waals surface area contributed by atoms with Gasteiger partial charge in [-0.1, -0.05) is 35.4 Å². The number of rotatable bonds is 6. The van der Waals surface area contributed by atoms with E-state index in [4.69, 9.17) is 4.74 Å². The van der Waals surface area contributed by atoms with E-state index >= 15 is 0 Å². The van der Waals surface area contributed by atoms with Gasteiger partial charge < -0.3 is 15.4 Å². The molecule has 2 amide bonds. The molecular weight excluding hydrogens is 488 g/mol. The molecule has 2 aliphatic heterocycles. The predicted molar refractivity (Wildman–Crippen MR) is 150 cm³/mol. The number of benzene rings is 3. The first-order valence-corrected chi connectivity index (χ1v) is 12.5. The number of cyclic esters (lactones) is 1.